The van der Waals surface area contributed by atoms with Crippen LogP contribution in [0.4, 0.5) is 5.69 Å². The van der Waals surface area contributed by atoms with E-state index in [-0.39, 0.29) is 11.8 Å². The first-order chi connectivity index (χ1) is 14.1. The van der Waals surface area contributed by atoms with Gasteiger partial charge in [0.25, 0.3) is 0 Å². The summed E-state index contributed by atoms with van der Waals surface area (Å²) in [6.07, 6.45) is 1.87. The molecule has 1 aliphatic rings. The molecule has 1 saturated heterocycles. The van der Waals surface area contributed by atoms with E-state index in [4.69, 9.17) is 4.52 Å². The van der Waals surface area contributed by atoms with E-state index in [0.717, 1.165) is 30.6 Å². The van der Waals surface area contributed by atoms with Gasteiger partial charge in [-0.05, 0) is 45.4 Å². The van der Waals surface area contributed by atoms with Crippen LogP contribution in [0.1, 0.15) is 29.9 Å². The van der Waals surface area contributed by atoms with Crippen molar-refractivity contribution in [2.45, 2.75) is 33.2 Å². The van der Waals surface area contributed by atoms with Gasteiger partial charge in [0.1, 0.15) is 0 Å². The number of hydrogen-bond acceptors (Lipinski definition) is 5. The highest BCUT2D eigenvalue weighted by Gasteiger charge is 2.27. The lowest BCUT2D eigenvalue weighted by molar-refractivity contribution is -0.121. The molecule has 1 aliphatic heterocycles. The Morgan fingerprint density at radius 1 is 1.10 bits per heavy atom. The number of anilines is 1. The predicted molar refractivity (Wildman–Crippen MR) is 112 cm³/mol. The fourth-order valence-electron chi connectivity index (χ4n) is 3.62. The number of piperidine rings is 1. The van der Waals surface area contributed by atoms with Gasteiger partial charge in [-0.1, -0.05) is 52.7 Å². The van der Waals surface area contributed by atoms with Gasteiger partial charge in [-0.15, -0.1) is 0 Å². The largest absolute Gasteiger partial charge is 0.338 e. The zero-order valence-electron chi connectivity index (χ0n) is 16.9. The standard InChI is InChI=1S/C23H26N4O2/c1-16-5-9-18(10-6-16)22-25-21(29-26-22)15-27-13-3-4-19(14-27)23(28)24-20-11-7-17(2)8-12-20/h5-12,19H,3-4,13-15H2,1-2H3,(H,24,28). The van der Waals surface area contributed by atoms with Crippen molar-refractivity contribution < 1.29 is 9.32 Å². The molecule has 0 spiro atoms. The third-order valence-electron chi connectivity index (χ3n) is 5.33. The third kappa shape index (κ3) is 4.90. The number of nitrogens with zero attached hydrogens (tertiary/aromatic N) is 3. The molecule has 1 atom stereocenters. The molecule has 150 valence electrons. The summed E-state index contributed by atoms with van der Waals surface area (Å²) in [4.78, 5) is 19.4. The molecule has 29 heavy (non-hydrogen) atoms. The topological polar surface area (TPSA) is 71.3 Å². The average molecular weight is 390 g/mol. The van der Waals surface area contributed by atoms with Gasteiger partial charge in [0.2, 0.25) is 17.6 Å². The lowest BCUT2D eigenvalue weighted by Gasteiger charge is -2.30. The number of rotatable bonds is 5. The Morgan fingerprint density at radius 3 is 2.52 bits per heavy atom. The molecular weight excluding hydrogens is 364 g/mol. The molecule has 0 aliphatic carbocycles. The van der Waals surface area contributed by atoms with Crippen molar-refractivity contribution in [2.24, 2.45) is 5.92 Å². The molecule has 0 saturated carbocycles. The van der Waals surface area contributed by atoms with Crippen molar-refractivity contribution in [1.82, 2.24) is 15.0 Å². The first-order valence-electron chi connectivity index (χ1n) is 10.1. The number of amides is 1. The van der Waals surface area contributed by atoms with E-state index in [9.17, 15) is 4.79 Å². The summed E-state index contributed by atoms with van der Waals surface area (Å²) in [5.41, 5.74) is 4.16. The maximum Gasteiger partial charge on any atom is 0.241 e. The minimum absolute atomic E-state index is 0.0375. The van der Waals surface area contributed by atoms with Crippen LogP contribution in [-0.2, 0) is 11.3 Å². The van der Waals surface area contributed by atoms with Crippen molar-refractivity contribution in [3.8, 4) is 11.4 Å². The molecule has 6 nitrogen and oxygen atoms in total. The van der Waals surface area contributed by atoms with Crippen LogP contribution in [0.5, 0.6) is 0 Å². The van der Waals surface area contributed by atoms with E-state index < -0.39 is 0 Å². The zero-order chi connectivity index (χ0) is 20.2. The summed E-state index contributed by atoms with van der Waals surface area (Å²) in [7, 11) is 0. The molecule has 2 aromatic carbocycles. The molecule has 4 rings (SSSR count). The van der Waals surface area contributed by atoms with E-state index in [1.54, 1.807) is 0 Å². The molecule has 0 bridgehead atoms. The Hall–Kier alpha value is -2.99. The van der Waals surface area contributed by atoms with Crippen LogP contribution in [0.3, 0.4) is 0 Å². The minimum atomic E-state index is -0.0375. The van der Waals surface area contributed by atoms with Crippen LogP contribution >= 0.6 is 0 Å². The molecule has 1 fully saturated rings. The number of aromatic nitrogens is 2. The summed E-state index contributed by atoms with van der Waals surface area (Å²) in [5.74, 6) is 1.22. The van der Waals surface area contributed by atoms with Crippen molar-refractivity contribution in [1.29, 1.82) is 0 Å². The second kappa shape index (κ2) is 8.57. The quantitative estimate of drug-likeness (QED) is 0.707. The van der Waals surface area contributed by atoms with Gasteiger partial charge in [0.15, 0.2) is 0 Å². The fourth-order valence-corrected chi connectivity index (χ4v) is 3.62. The highest BCUT2D eigenvalue weighted by molar-refractivity contribution is 5.92. The van der Waals surface area contributed by atoms with Crippen molar-refractivity contribution >= 4 is 11.6 Å². The smallest absolute Gasteiger partial charge is 0.241 e. The summed E-state index contributed by atoms with van der Waals surface area (Å²) in [5, 5.41) is 7.14. The van der Waals surface area contributed by atoms with Gasteiger partial charge in [0, 0.05) is 17.8 Å². The lowest BCUT2D eigenvalue weighted by atomic mass is 9.97. The van der Waals surface area contributed by atoms with E-state index in [1.807, 2.05) is 62.4 Å². The van der Waals surface area contributed by atoms with Gasteiger partial charge in [0.05, 0.1) is 12.5 Å². The van der Waals surface area contributed by atoms with Crippen LogP contribution in [0.25, 0.3) is 11.4 Å². The highest BCUT2D eigenvalue weighted by atomic mass is 16.5. The van der Waals surface area contributed by atoms with Gasteiger partial charge in [-0.3, -0.25) is 9.69 Å². The van der Waals surface area contributed by atoms with E-state index in [0.29, 0.717) is 24.8 Å². The molecule has 1 unspecified atom stereocenters. The molecule has 0 radical (unpaired) electrons. The van der Waals surface area contributed by atoms with E-state index in [1.165, 1.54) is 11.1 Å². The Kier molecular flexibility index (Phi) is 5.71. The second-order valence-electron chi connectivity index (χ2n) is 7.81. The van der Waals surface area contributed by atoms with Crippen molar-refractivity contribution in [2.75, 3.05) is 18.4 Å². The van der Waals surface area contributed by atoms with Crippen LogP contribution in [0.15, 0.2) is 53.1 Å². The van der Waals surface area contributed by atoms with E-state index in [2.05, 4.69) is 20.4 Å². The van der Waals surface area contributed by atoms with Crippen LogP contribution in [0.2, 0.25) is 0 Å². The third-order valence-corrected chi connectivity index (χ3v) is 5.33. The van der Waals surface area contributed by atoms with Crippen LogP contribution in [-0.4, -0.2) is 34.0 Å². The van der Waals surface area contributed by atoms with Crippen LogP contribution in [0, 0.1) is 19.8 Å². The Labute approximate surface area is 170 Å². The number of nitrogens with one attached hydrogen (secondary N) is 1. The van der Waals surface area contributed by atoms with Gasteiger partial charge < -0.3 is 9.84 Å². The number of carbonyl (C=O) groups is 1. The minimum Gasteiger partial charge on any atom is -0.338 e. The van der Waals surface area contributed by atoms with Crippen molar-refractivity contribution in [3.05, 3.63) is 65.5 Å². The monoisotopic (exact) mass is 390 g/mol. The Morgan fingerprint density at radius 2 is 1.79 bits per heavy atom. The van der Waals surface area contributed by atoms with Gasteiger partial charge in [-0.25, -0.2) is 0 Å². The lowest BCUT2D eigenvalue weighted by Crippen LogP contribution is -2.40. The summed E-state index contributed by atoms with van der Waals surface area (Å²) < 4.78 is 5.45. The van der Waals surface area contributed by atoms with Gasteiger partial charge >= 0.3 is 0 Å². The predicted octanol–water partition coefficient (Wildman–Crippen LogP) is 4.20. The Balaban J connectivity index is 1.35. The molecule has 2 heterocycles. The molecule has 3 aromatic rings. The fraction of sp³-hybridized carbons (Fsp3) is 0.348. The van der Waals surface area contributed by atoms with Gasteiger partial charge in [-0.2, -0.15) is 4.98 Å². The molecule has 6 heteroatoms. The number of carbonyl (C=O) groups excluding carboxylic acids is 1. The maximum absolute atomic E-state index is 12.7. The maximum atomic E-state index is 12.7. The number of likely N-dealkylation sites (tertiary alicyclic amines) is 1. The summed E-state index contributed by atoms with van der Waals surface area (Å²) >= 11 is 0. The average Bonchev–Trinajstić information content (AvgIpc) is 3.19. The summed E-state index contributed by atoms with van der Waals surface area (Å²) in [6, 6.07) is 16.0. The molecule has 1 amide bonds. The Bertz CT molecular complexity index is 963. The van der Waals surface area contributed by atoms with E-state index >= 15 is 0 Å². The number of hydrogen-bond donors (Lipinski definition) is 1. The number of aryl methyl sites for hydroxylation is 2. The highest BCUT2D eigenvalue weighted by Crippen LogP contribution is 2.22. The molecule has 1 aromatic heterocycles. The van der Waals surface area contributed by atoms with Crippen LogP contribution < -0.4 is 5.32 Å². The zero-order valence-corrected chi connectivity index (χ0v) is 16.9. The normalized spacial score (nSPS) is 17.2. The molecule has 1 N–H and O–H groups in total. The van der Waals surface area contributed by atoms with Crippen molar-refractivity contribution in [3.63, 3.8) is 0 Å². The second-order valence-corrected chi connectivity index (χ2v) is 7.81. The SMILES string of the molecule is Cc1ccc(NC(=O)C2CCCN(Cc3nc(-c4ccc(C)cc4)no3)C2)cc1. The first kappa shape index (κ1) is 19.3. The number of benzene rings is 2. The molecular formula is C23H26N4O2. The first-order valence-corrected chi connectivity index (χ1v) is 10.1. The summed E-state index contributed by atoms with van der Waals surface area (Å²) in [6.45, 7) is 6.27.